The van der Waals surface area contributed by atoms with Crippen molar-refractivity contribution in [3.05, 3.63) is 29.8 Å². The number of ether oxygens (including phenoxy) is 1. The standard InChI is InChI=1S/C11H14F2O2/c1-11(2,7-14)8-5-3-4-6-9(8)15-10(12)13/h3-6,10,14H,7H2,1-2H3. The zero-order valence-electron chi connectivity index (χ0n) is 8.71. The molecule has 0 unspecified atom stereocenters. The van der Waals surface area contributed by atoms with Gasteiger partial charge in [-0.1, -0.05) is 32.0 Å². The minimum absolute atomic E-state index is 0.117. The minimum atomic E-state index is -2.85. The van der Waals surface area contributed by atoms with Crippen molar-refractivity contribution in [3.63, 3.8) is 0 Å². The van der Waals surface area contributed by atoms with Gasteiger partial charge in [0.05, 0.1) is 6.61 Å². The van der Waals surface area contributed by atoms with Crippen molar-refractivity contribution in [2.45, 2.75) is 25.9 Å². The molecule has 0 aliphatic heterocycles. The molecule has 0 fully saturated rings. The molecule has 0 spiro atoms. The summed E-state index contributed by atoms with van der Waals surface area (Å²) in [5.74, 6) is 0.117. The van der Waals surface area contributed by atoms with Crippen LogP contribution < -0.4 is 4.74 Å². The highest BCUT2D eigenvalue weighted by Crippen LogP contribution is 2.31. The number of rotatable bonds is 4. The molecule has 0 radical (unpaired) electrons. The monoisotopic (exact) mass is 216 g/mol. The van der Waals surface area contributed by atoms with Gasteiger partial charge in [0.15, 0.2) is 0 Å². The summed E-state index contributed by atoms with van der Waals surface area (Å²) < 4.78 is 28.6. The molecule has 1 aromatic rings. The molecule has 0 atom stereocenters. The molecule has 1 rings (SSSR count). The SMILES string of the molecule is CC(C)(CO)c1ccccc1OC(F)F. The molecule has 0 aromatic heterocycles. The molecule has 84 valence electrons. The van der Waals surface area contributed by atoms with Gasteiger partial charge in [-0.3, -0.25) is 0 Å². The second kappa shape index (κ2) is 4.57. The lowest BCUT2D eigenvalue weighted by Crippen LogP contribution is -2.23. The first-order valence-corrected chi connectivity index (χ1v) is 4.62. The summed E-state index contributed by atoms with van der Waals surface area (Å²) in [5, 5.41) is 9.16. The summed E-state index contributed by atoms with van der Waals surface area (Å²) in [6.07, 6.45) is 0. The smallest absolute Gasteiger partial charge is 0.387 e. The van der Waals surface area contributed by atoms with Crippen molar-refractivity contribution < 1.29 is 18.6 Å². The van der Waals surface area contributed by atoms with Gasteiger partial charge in [-0.2, -0.15) is 8.78 Å². The maximum absolute atomic E-state index is 12.1. The summed E-state index contributed by atoms with van der Waals surface area (Å²) in [6.45, 7) is 0.554. The summed E-state index contributed by atoms with van der Waals surface area (Å²) in [4.78, 5) is 0. The Morgan fingerprint density at radius 3 is 2.47 bits per heavy atom. The lowest BCUT2D eigenvalue weighted by atomic mass is 9.85. The number of aliphatic hydroxyl groups excluding tert-OH is 1. The van der Waals surface area contributed by atoms with Crippen LogP contribution in [-0.4, -0.2) is 18.3 Å². The number of halogens is 2. The average molecular weight is 216 g/mol. The van der Waals surface area contributed by atoms with Gasteiger partial charge in [-0.25, -0.2) is 0 Å². The van der Waals surface area contributed by atoms with Crippen LogP contribution in [0.15, 0.2) is 24.3 Å². The Hall–Kier alpha value is -1.16. The Kier molecular flexibility index (Phi) is 3.63. The lowest BCUT2D eigenvalue weighted by molar-refractivity contribution is -0.0511. The first kappa shape index (κ1) is 11.9. The molecule has 15 heavy (non-hydrogen) atoms. The van der Waals surface area contributed by atoms with E-state index in [1.807, 2.05) is 0 Å². The van der Waals surface area contributed by atoms with Gasteiger partial charge in [-0.05, 0) is 6.07 Å². The van der Waals surface area contributed by atoms with Crippen LogP contribution in [0.25, 0.3) is 0 Å². The number of benzene rings is 1. The first-order valence-electron chi connectivity index (χ1n) is 4.62. The van der Waals surface area contributed by atoms with Crippen LogP contribution in [0.1, 0.15) is 19.4 Å². The predicted octanol–water partition coefficient (Wildman–Crippen LogP) is 2.56. The molecule has 1 aromatic carbocycles. The predicted molar refractivity (Wildman–Crippen MR) is 53.2 cm³/mol. The fraction of sp³-hybridized carbons (Fsp3) is 0.455. The van der Waals surface area contributed by atoms with Gasteiger partial charge in [0, 0.05) is 11.0 Å². The number of hydrogen-bond donors (Lipinski definition) is 1. The topological polar surface area (TPSA) is 29.5 Å². The number of para-hydroxylation sites is 1. The van der Waals surface area contributed by atoms with Crippen LogP contribution in [0.4, 0.5) is 8.78 Å². The van der Waals surface area contributed by atoms with Crippen molar-refractivity contribution in [1.29, 1.82) is 0 Å². The molecule has 2 nitrogen and oxygen atoms in total. The van der Waals surface area contributed by atoms with E-state index in [-0.39, 0.29) is 12.4 Å². The van der Waals surface area contributed by atoms with Gasteiger partial charge in [0.1, 0.15) is 5.75 Å². The zero-order chi connectivity index (χ0) is 11.5. The van der Waals surface area contributed by atoms with Crippen LogP contribution in [-0.2, 0) is 5.41 Å². The van der Waals surface area contributed by atoms with Gasteiger partial charge >= 0.3 is 6.61 Å². The number of hydrogen-bond acceptors (Lipinski definition) is 2. The number of aliphatic hydroxyl groups is 1. The lowest BCUT2D eigenvalue weighted by Gasteiger charge is -2.24. The highest BCUT2D eigenvalue weighted by atomic mass is 19.3. The van der Waals surface area contributed by atoms with Crippen LogP contribution >= 0.6 is 0 Å². The Morgan fingerprint density at radius 2 is 1.93 bits per heavy atom. The molecule has 0 aliphatic carbocycles. The van der Waals surface area contributed by atoms with E-state index in [4.69, 9.17) is 5.11 Å². The summed E-state index contributed by atoms with van der Waals surface area (Å²) in [5.41, 5.74) is -0.0151. The maximum atomic E-state index is 12.1. The van der Waals surface area contributed by atoms with Crippen molar-refractivity contribution in [2.75, 3.05) is 6.61 Å². The number of alkyl halides is 2. The summed E-state index contributed by atoms with van der Waals surface area (Å²) in [6, 6.07) is 6.49. The summed E-state index contributed by atoms with van der Waals surface area (Å²) >= 11 is 0. The highest BCUT2D eigenvalue weighted by molar-refractivity contribution is 5.38. The van der Waals surface area contributed by atoms with E-state index in [1.165, 1.54) is 6.07 Å². The molecule has 0 aliphatic rings. The minimum Gasteiger partial charge on any atom is -0.435 e. The van der Waals surface area contributed by atoms with Crippen molar-refractivity contribution >= 4 is 0 Å². The third kappa shape index (κ3) is 2.89. The van der Waals surface area contributed by atoms with Crippen molar-refractivity contribution in [3.8, 4) is 5.75 Å². The summed E-state index contributed by atoms with van der Waals surface area (Å²) in [7, 11) is 0. The van der Waals surface area contributed by atoms with Crippen LogP contribution in [0, 0.1) is 0 Å². The Bertz CT molecular complexity index is 324. The molecule has 0 saturated heterocycles. The molecule has 0 bridgehead atoms. The van der Waals surface area contributed by atoms with Gasteiger partial charge in [0.25, 0.3) is 0 Å². The average Bonchev–Trinajstić information content (AvgIpc) is 2.17. The molecule has 0 amide bonds. The van der Waals surface area contributed by atoms with Crippen LogP contribution in [0.2, 0.25) is 0 Å². The molecule has 0 saturated carbocycles. The van der Waals surface area contributed by atoms with E-state index < -0.39 is 12.0 Å². The van der Waals surface area contributed by atoms with E-state index >= 15 is 0 Å². The van der Waals surface area contributed by atoms with Gasteiger partial charge in [0.2, 0.25) is 0 Å². The van der Waals surface area contributed by atoms with E-state index in [9.17, 15) is 8.78 Å². The normalized spacial score (nSPS) is 11.9. The second-order valence-corrected chi connectivity index (χ2v) is 3.92. The molecule has 4 heteroatoms. The third-order valence-electron chi connectivity index (χ3n) is 2.23. The van der Waals surface area contributed by atoms with Crippen molar-refractivity contribution in [1.82, 2.24) is 0 Å². The largest absolute Gasteiger partial charge is 0.435 e. The molecular weight excluding hydrogens is 202 g/mol. The molecule has 0 heterocycles. The van der Waals surface area contributed by atoms with Gasteiger partial charge < -0.3 is 9.84 Å². The van der Waals surface area contributed by atoms with Crippen LogP contribution in [0.3, 0.4) is 0 Å². The van der Waals surface area contributed by atoms with Gasteiger partial charge in [-0.15, -0.1) is 0 Å². The fourth-order valence-electron chi connectivity index (χ4n) is 1.31. The molecular formula is C11H14F2O2. The van der Waals surface area contributed by atoms with E-state index in [0.29, 0.717) is 5.56 Å². The van der Waals surface area contributed by atoms with Crippen molar-refractivity contribution in [2.24, 2.45) is 0 Å². The van der Waals surface area contributed by atoms with E-state index in [1.54, 1.807) is 32.0 Å². The van der Waals surface area contributed by atoms with E-state index in [0.717, 1.165) is 0 Å². The molecule has 1 N–H and O–H groups in total. The Balaban J connectivity index is 3.06. The maximum Gasteiger partial charge on any atom is 0.387 e. The second-order valence-electron chi connectivity index (χ2n) is 3.92. The zero-order valence-corrected chi connectivity index (χ0v) is 8.71. The Labute approximate surface area is 87.5 Å². The van der Waals surface area contributed by atoms with E-state index in [2.05, 4.69) is 4.74 Å². The Morgan fingerprint density at radius 1 is 1.33 bits per heavy atom. The highest BCUT2D eigenvalue weighted by Gasteiger charge is 2.24. The first-order chi connectivity index (χ1) is 6.97. The quantitative estimate of drug-likeness (QED) is 0.838. The van der Waals surface area contributed by atoms with Crippen LogP contribution in [0.5, 0.6) is 5.75 Å². The third-order valence-corrected chi connectivity index (χ3v) is 2.23. The fourth-order valence-corrected chi connectivity index (χ4v) is 1.31.